The van der Waals surface area contributed by atoms with Crippen LogP contribution in [0.1, 0.15) is 22.7 Å². The molecule has 1 N–H and O–H groups in total. The minimum Gasteiger partial charge on any atom is -0.303 e. The second kappa shape index (κ2) is 3.54. The smallest absolute Gasteiger partial charge is 0.128 e. The van der Waals surface area contributed by atoms with Gasteiger partial charge in [-0.05, 0) is 31.0 Å². The highest BCUT2D eigenvalue weighted by Gasteiger charge is 2.17. The molecule has 0 aliphatic carbocycles. The van der Waals surface area contributed by atoms with Crippen LogP contribution >= 0.6 is 0 Å². The molecule has 0 fully saturated rings. The first-order valence-corrected chi connectivity index (χ1v) is 4.85. The lowest BCUT2D eigenvalue weighted by Crippen LogP contribution is -2.16. The second-order valence-corrected chi connectivity index (χ2v) is 3.79. The van der Waals surface area contributed by atoms with Crippen molar-refractivity contribution in [3.8, 4) is 0 Å². The number of aryl methyl sites for hydroxylation is 2. The van der Waals surface area contributed by atoms with Crippen LogP contribution in [0.25, 0.3) is 0 Å². The molecule has 0 radical (unpaired) electrons. The molecule has 14 heavy (non-hydrogen) atoms. The Morgan fingerprint density at radius 2 is 2.14 bits per heavy atom. The van der Waals surface area contributed by atoms with Crippen molar-refractivity contribution in [1.29, 1.82) is 0 Å². The van der Waals surface area contributed by atoms with Crippen LogP contribution in [0.4, 0.5) is 4.39 Å². The molecule has 1 aromatic carbocycles. The Hall–Kier alpha value is -1.15. The van der Waals surface area contributed by atoms with Gasteiger partial charge in [0, 0.05) is 12.1 Å². The van der Waals surface area contributed by atoms with Gasteiger partial charge in [-0.2, -0.15) is 0 Å². The van der Waals surface area contributed by atoms with Gasteiger partial charge >= 0.3 is 0 Å². The number of nitrogens with one attached hydrogen (secondary N) is 1. The quantitative estimate of drug-likeness (QED) is 0.673. The third kappa shape index (κ3) is 1.58. The Balaban J connectivity index is 2.46. The third-order valence-corrected chi connectivity index (χ3v) is 2.58. The number of halogens is 1. The third-order valence-electron chi connectivity index (χ3n) is 2.58. The maximum atomic E-state index is 13.7. The first kappa shape index (κ1) is 9.41. The van der Waals surface area contributed by atoms with Gasteiger partial charge in [0.2, 0.25) is 0 Å². The zero-order valence-corrected chi connectivity index (χ0v) is 8.47. The summed E-state index contributed by atoms with van der Waals surface area (Å²) < 4.78 is 13.7. The fraction of sp³-hybridized carbons (Fsp3) is 0.333. The van der Waals surface area contributed by atoms with Crippen LogP contribution in [0.3, 0.4) is 0 Å². The minimum absolute atomic E-state index is 0.0515. The standard InChI is InChI=1S/C12H14FN/c1-8-6-9(2)12(10(13)7-8)11-4-3-5-14-11/h3-4,6-7,11,14H,5H2,1-2H3. The second-order valence-electron chi connectivity index (χ2n) is 3.79. The van der Waals surface area contributed by atoms with Crippen molar-refractivity contribution >= 4 is 0 Å². The largest absolute Gasteiger partial charge is 0.303 e. The monoisotopic (exact) mass is 191 g/mol. The molecule has 1 aromatic rings. The van der Waals surface area contributed by atoms with Crippen molar-refractivity contribution in [2.24, 2.45) is 0 Å². The SMILES string of the molecule is Cc1cc(C)c(C2C=CCN2)c(F)c1. The van der Waals surface area contributed by atoms with E-state index in [-0.39, 0.29) is 11.9 Å². The summed E-state index contributed by atoms with van der Waals surface area (Å²) in [5.41, 5.74) is 2.78. The van der Waals surface area contributed by atoms with Gasteiger partial charge < -0.3 is 5.32 Å². The van der Waals surface area contributed by atoms with E-state index in [9.17, 15) is 4.39 Å². The molecule has 0 bridgehead atoms. The number of hydrogen-bond acceptors (Lipinski definition) is 1. The van der Waals surface area contributed by atoms with Crippen LogP contribution in [-0.4, -0.2) is 6.54 Å². The van der Waals surface area contributed by atoms with E-state index in [1.807, 2.05) is 32.1 Å². The maximum Gasteiger partial charge on any atom is 0.128 e. The maximum absolute atomic E-state index is 13.7. The Morgan fingerprint density at radius 3 is 2.71 bits per heavy atom. The summed E-state index contributed by atoms with van der Waals surface area (Å²) in [7, 11) is 0. The summed E-state index contributed by atoms with van der Waals surface area (Å²) in [4.78, 5) is 0. The Morgan fingerprint density at radius 1 is 1.36 bits per heavy atom. The molecule has 1 aliphatic rings. The van der Waals surface area contributed by atoms with Crippen LogP contribution in [0.5, 0.6) is 0 Å². The van der Waals surface area contributed by atoms with Gasteiger partial charge in [0.15, 0.2) is 0 Å². The summed E-state index contributed by atoms with van der Waals surface area (Å²) in [5.74, 6) is -0.105. The highest BCUT2D eigenvalue weighted by Crippen LogP contribution is 2.25. The van der Waals surface area contributed by atoms with Gasteiger partial charge in [-0.3, -0.25) is 0 Å². The van der Waals surface area contributed by atoms with Gasteiger partial charge in [-0.25, -0.2) is 4.39 Å². The Labute approximate surface area is 83.6 Å². The van der Waals surface area contributed by atoms with Crippen LogP contribution < -0.4 is 5.32 Å². The van der Waals surface area contributed by atoms with E-state index >= 15 is 0 Å². The molecule has 74 valence electrons. The Kier molecular flexibility index (Phi) is 2.38. The van der Waals surface area contributed by atoms with Crippen molar-refractivity contribution in [1.82, 2.24) is 5.32 Å². The lowest BCUT2D eigenvalue weighted by molar-refractivity contribution is 0.579. The van der Waals surface area contributed by atoms with Crippen LogP contribution in [0, 0.1) is 19.7 Å². The van der Waals surface area contributed by atoms with Crippen LogP contribution in [-0.2, 0) is 0 Å². The zero-order valence-electron chi connectivity index (χ0n) is 8.47. The van der Waals surface area contributed by atoms with Crippen LogP contribution in [0.2, 0.25) is 0 Å². The number of benzene rings is 1. The first-order chi connectivity index (χ1) is 6.68. The van der Waals surface area contributed by atoms with E-state index in [1.165, 1.54) is 0 Å². The molecule has 1 unspecified atom stereocenters. The molecule has 1 atom stereocenters. The summed E-state index contributed by atoms with van der Waals surface area (Å²) in [5, 5.41) is 3.22. The predicted molar refractivity (Wildman–Crippen MR) is 55.8 cm³/mol. The van der Waals surface area contributed by atoms with Gasteiger partial charge in [-0.15, -0.1) is 0 Å². The first-order valence-electron chi connectivity index (χ1n) is 4.85. The lowest BCUT2D eigenvalue weighted by Gasteiger charge is -2.14. The molecule has 0 saturated carbocycles. The highest BCUT2D eigenvalue weighted by atomic mass is 19.1. The van der Waals surface area contributed by atoms with Crippen molar-refractivity contribution in [3.05, 3.63) is 46.8 Å². The average molecular weight is 191 g/mol. The molecule has 2 rings (SSSR count). The molecular weight excluding hydrogens is 177 g/mol. The summed E-state index contributed by atoms with van der Waals surface area (Å²) in [6, 6.07) is 3.66. The fourth-order valence-electron chi connectivity index (χ4n) is 1.99. The van der Waals surface area contributed by atoms with E-state index in [1.54, 1.807) is 6.07 Å². The van der Waals surface area contributed by atoms with E-state index in [2.05, 4.69) is 5.32 Å². The van der Waals surface area contributed by atoms with Crippen molar-refractivity contribution in [2.45, 2.75) is 19.9 Å². The summed E-state index contributed by atoms with van der Waals surface area (Å²) in [6.45, 7) is 4.70. The molecule has 0 saturated heterocycles. The van der Waals surface area contributed by atoms with Crippen molar-refractivity contribution in [3.63, 3.8) is 0 Å². The fourth-order valence-corrected chi connectivity index (χ4v) is 1.99. The van der Waals surface area contributed by atoms with E-state index in [0.29, 0.717) is 0 Å². The lowest BCUT2D eigenvalue weighted by atomic mass is 9.99. The topological polar surface area (TPSA) is 12.0 Å². The summed E-state index contributed by atoms with van der Waals surface area (Å²) >= 11 is 0. The van der Waals surface area contributed by atoms with Gasteiger partial charge in [0.05, 0.1) is 6.04 Å². The average Bonchev–Trinajstić information content (AvgIpc) is 2.54. The normalized spacial score (nSPS) is 20.4. The molecular formula is C12H14FN. The summed E-state index contributed by atoms with van der Waals surface area (Å²) in [6.07, 6.45) is 4.05. The highest BCUT2D eigenvalue weighted by molar-refractivity contribution is 5.37. The van der Waals surface area contributed by atoms with E-state index in [0.717, 1.165) is 23.2 Å². The van der Waals surface area contributed by atoms with E-state index < -0.39 is 0 Å². The van der Waals surface area contributed by atoms with Gasteiger partial charge in [0.1, 0.15) is 5.82 Å². The molecule has 0 aromatic heterocycles. The van der Waals surface area contributed by atoms with E-state index in [4.69, 9.17) is 0 Å². The molecule has 0 spiro atoms. The number of rotatable bonds is 1. The van der Waals surface area contributed by atoms with Crippen molar-refractivity contribution in [2.75, 3.05) is 6.54 Å². The van der Waals surface area contributed by atoms with Crippen LogP contribution in [0.15, 0.2) is 24.3 Å². The van der Waals surface area contributed by atoms with Gasteiger partial charge in [-0.1, -0.05) is 18.2 Å². The molecule has 2 heteroatoms. The molecule has 1 nitrogen and oxygen atoms in total. The van der Waals surface area contributed by atoms with Crippen molar-refractivity contribution < 1.29 is 4.39 Å². The molecule has 1 aliphatic heterocycles. The molecule has 0 amide bonds. The predicted octanol–water partition coefficient (Wildman–Crippen LogP) is 2.64. The van der Waals surface area contributed by atoms with Gasteiger partial charge in [0.25, 0.3) is 0 Å². The Bertz CT molecular complexity index is 359. The minimum atomic E-state index is -0.105. The zero-order chi connectivity index (χ0) is 10.1. The number of hydrogen-bond donors (Lipinski definition) is 1. The molecule has 1 heterocycles.